The number of benzene rings is 1. The molecule has 1 heterocycles. The normalized spacial score (nSPS) is 21.1. The molecule has 1 saturated heterocycles. The van der Waals surface area contributed by atoms with Crippen molar-refractivity contribution in [3.8, 4) is 0 Å². The SMILES string of the molecule is CN1CCC(N(C)CC(N)(CO)c2ccccc2)CC1. The first kappa shape index (κ1) is 15.4. The van der Waals surface area contributed by atoms with Crippen LogP contribution in [0.3, 0.4) is 0 Å². The summed E-state index contributed by atoms with van der Waals surface area (Å²) in [6.45, 7) is 2.92. The van der Waals surface area contributed by atoms with E-state index in [2.05, 4.69) is 23.9 Å². The zero-order chi connectivity index (χ0) is 14.6. The lowest BCUT2D eigenvalue weighted by atomic mass is 9.90. The van der Waals surface area contributed by atoms with Gasteiger partial charge in [0.15, 0.2) is 0 Å². The molecular formula is C16H27N3O. The van der Waals surface area contributed by atoms with Crippen LogP contribution >= 0.6 is 0 Å². The molecule has 1 fully saturated rings. The van der Waals surface area contributed by atoms with E-state index < -0.39 is 5.54 Å². The van der Waals surface area contributed by atoms with Gasteiger partial charge in [-0.25, -0.2) is 0 Å². The number of likely N-dealkylation sites (tertiary alicyclic amines) is 1. The topological polar surface area (TPSA) is 52.7 Å². The maximum atomic E-state index is 9.77. The molecule has 4 nitrogen and oxygen atoms in total. The Labute approximate surface area is 122 Å². The van der Waals surface area contributed by atoms with Crippen LogP contribution in [0.2, 0.25) is 0 Å². The zero-order valence-electron chi connectivity index (χ0n) is 12.6. The minimum absolute atomic E-state index is 0.0338. The van der Waals surface area contributed by atoms with E-state index in [0.717, 1.165) is 18.7 Å². The first-order valence-electron chi connectivity index (χ1n) is 7.39. The minimum Gasteiger partial charge on any atom is -0.394 e. The van der Waals surface area contributed by atoms with Crippen molar-refractivity contribution in [2.24, 2.45) is 5.73 Å². The Morgan fingerprint density at radius 1 is 1.30 bits per heavy atom. The molecule has 1 atom stereocenters. The Morgan fingerprint density at radius 2 is 1.90 bits per heavy atom. The predicted octanol–water partition coefficient (Wildman–Crippen LogP) is 0.859. The van der Waals surface area contributed by atoms with Gasteiger partial charge in [0.2, 0.25) is 0 Å². The van der Waals surface area contributed by atoms with Crippen LogP contribution in [-0.4, -0.2) is 61.3 Å². The van der Waals surface area contributed by atoms with Crippen molar-refractivity contribution in [2.45, 2.75) is 24.4 Å². The summed E-state index contributed by atoms with van der Waals surface area (Å²) in [6, 6.07) is 10.5. The van der Waals surface area contributed by atoms with E-state index in [1.54, 1.807) is 0 Å². The zero-order valence-corrected chi connectivity index (χ0v) is 12.6. The van der Waals surface area contributed by atoms with Gasteiger partial charge in [0.25, 0.3) is 0 Å². The molecule has 0 aliphatic carbocycles. The monoisotopic (exact) mass is 277 g/mol. The highest BCUT2D eigenvalue weighted by molar-refractivity contribution is 5.24. The number of likely N-dealkylation sites (N-methyl/N-ethyl adjacent to an activating group) is 1. The molecule has 0 saturated carbocycles. The van der Waals surface area contributed by atoms with Gasteiger partial charge in [0.1, 0.15) is 0 Å². The average molecular weight is 277 g/mol. The molecule has 20 heavy (non-hydrogen) atoms. The Kier molecular flexibility index (Phi) is 5.16. The van der Waals surface area contributed by atoms with Gasteiger partial charge >= 0.3 is 0 Å². The highest BCUT2D eigenvalue weighted by Crippen LogP contribution is 2.22. The van der Waals surface area contributed by atoms with Crippen LogP contribution in [0.1, 0.15) is 18.4 Å². The van der Waals surface area contributed by atoms with Crippen LogP contribution in [0.4, 0.5) is 0 Å². The molecule has 0 amide bonds. The van der Waals surface area contributed by atoms with Gasteiger partial charge in [-0.2, -0.15) is 0 Å². The molecule has 2 rings (SSSR count). The Morgan fingerprint density at radius 3 is 2.45 bits per heavy atom. The first-order valence-corrected chi connectivity index (χ1v) is 7.39. The van der Waals surface area contributed by atoms with Gasteiger partial charge in [-0.05, 0) is 45.6 Å². The molecule has 1 aromatic carbocycles. The quantitative estimate of drug-likeness (QED) is 0.838. The molecule has 0 aromatic heterocycles. The van der Waals surface area contributed by atoms with E-state index in [1.165, 1.54) is 12.8 Å². The lowest BCUT2D eigenvalue weighted by Crippen LogP contribution is -2.53. The summed E-state index contributed by atoms with van der Waals surface area (Å²) in [5, 5.41) is 9.77. The molecule has 4 heteroatoms. The molecule has 112 valence electrons. The van der Waals surface area contributed by atoms with E-state index in [4.69, 9.17) is 5.73 Å². The van der Waals surface area contributed by atoms with Crippen molar-refractivity contribution in [2.75, 3.05) is 40.3 Å². The Balaban J connectivity index is 2.02. The number of rotatable bonds is 5. The Bertz CT molecular complexity index is 403. The summed E-state index contributed by atoms with van der Waals surface area (Å²) in [6.07, 6.45) is 2.34. The number of piperidine rings is 1. The van der Waals surface area contributed by atoms with Crippen molar-refractivity contribution in [3.05, 3.63) is 35.9 Å². The predicted molar refractivity (Wildman–Crippen MR) is 82.5 cm³/mol. The van der Waals surface area contributed by atoms with Crippen molar-refractivity contribution in [1.29, 1.82) is 0 Å². The second kappa shape index (κ2) is 6.68. The lowest BCUT2D eigenvalue weighted by molar-refractivity contribution is 0.0942. The van der Waals surface area contributed by atoms with Crippen molar-refractivity contribution in [3.63, 3.8) is 0 Å². The number of aliphatic hydroxyl groups excluding tert-OH is 1. The molecule has 3 N–H and O–H groups in total. The smallest absolute Gasteiger partial charge is 0.0772 e. The lowest BCUT2D eigenvalue weighted by Gasteiger charge is -2.39. The summed E-state index contributed by atoms with van der Waals surface area (Å²) in [4.78, 5) is 4.68. The highest BCUT2D eigenvalue weighted by atomic mass is 16.3. The number of aliphatic hydroxyl groups is 1. The van der Waals surface area contributed by atoms with E-state index in [1.807, 2.05) is 30.3 Å². The fourth-order valence-corrected chi connectivity index (χ4v) is 3.01. The number of hydrogen-bond donors (Lipinski definition) is 2. The third-order valence-corrected chi connectivity index (χ3v) is 4.47. The fraction of sp³-hybridized carbons (Fsp3) is 0.625. The van der Waals surface area contributed by atoms with Crippen molar-refractivity contribution >= 4 is 0 Å². The summed E-state index contributed by atoms with van der Waals surface area (Å²) in [5.74, 6) is 0. The van der Waals surface area contributed by atoms with Gasteiger partial charge in [0.05, 0.1) is 12.1 Å². The molecule has 0 bridgehead atoms. The number of nitrogens with two attached hydrogens (primary N) is 1. The van der Waals surface area contributed by atoms with Gasteiger partial charge in [-0.3, -0.25) is 0 Å². The van der Waals surface area contributed by atoms with Crippen LogP contribution in [0, 0.1) is 0 Å². The maximum absolute atomic E-state index is 9.77. The molecular weight excluding hydrogens is 250 g/mol. The van der Waals surface area contributed by atoms with Gasteiger partial charge in [0, 0.05) is 12.6 Å². The highest BCUT2D eigenvalue weighted by Gasteiger charge is 2.31. The van der Waals surface area contributed by atoms with Crippen LogP contribution in [0.25, 0.3) is 0 Å². The van der Waals surface area contributed by atoms with Crippen molar-refractivity contribution < 1.29 is 5.11 Å². The molecule has 0 spiro atoms. The van der Waals surface area contributed by atoms with E-state index in [-0.39, 0.29) is 6.61 Å². The molecule has 1 aliphatic heterocycles. The standard InChI is InChI=1S/C16H27N3O/c1-18-10-8-15(9-11-18)19(2)12-16(17,13-20)14-6-4-3-5-7-14/h3-7,15,20H,8-13,17H2,1-2H3. The summed E-state index contributed by atoms with van der Waals surface area (Å²) in [7, 11) is 4.29. The summed E-state index contributed by atoms with van der Waals surface area (Å²) in [5.41, 5.74) is 6.77. The maximum Gasteiger partial charge on any atom is 0.0772 e. The molecule has 0 radical (unpaired) electrons. The van der Waals surface area contributed by atoms with Crippen LogP contribution < -0.4 is 5.73 Å². The third kappa shape index (κ3) is 3.58. The van der Waals surface area contributed by atoms with Gasteiger partial charge in [-0.1, -0.05) is 30.3 Å². The molecule has 1 aromatic rings. The summed E-state index contributed by atoms with van der Waals surface area (Å²) < 4.78 is 0. The second-order valence-electron chi connectivity index (χ2n) is 6.13. The van der Waals surface area contributed by atoms with E-state index >= 15 is 0 Å². The molecule has 1 aliphatic rings. The van der Waals surface area contributed by atoms with Crippen molar-refractivity contribution in [1.82, 2.24) is 9.80 Å². The van der Waals surface area contributed by atoms with Gasteiger partial charge in [-0.15, -0.1) is 0 Å². The largest absolute Gasteiger partial charge is 0.394 e. The second-order valence-corrected chi connectivity index (χ2v) is 6.13. The van der Waals surface area contributed by atoms with Gasteiger partial charge < -0.3 is 20.6 Å². The Hall–Kier alpha value is -0.940. The fourth-order valence-electron chi connectivity index (χ4n) is 3.01. The third-order valence-electron chi connectivity index (χ3n) is 4.47. The minimum atomic E-state index is -0.681. The van der Waals surface area contributed by atoms with Crippen LogP contribution in [0.5, 0.6) is 0 Å². The first-order chi connectivity index (χ1) is 9.55. The number of hydrogen-bond acceptors (Lipinski definition) is 4. The summed E-state index contributed by atoms with van der Waals surface area (Å²) >= 11 is 0. The van der Waals surface area contributed by atoms with E-state index in [0.29, 0.717) is 12.6 Å². The molecule has 1 unspecified atom stereocenters. The average Bonchev–Trinajstić information content (AvgIpc) is 2.48. The van der Waals surface area contributed by atoms with E-state index in [9.17, 15) is 5.11 Å². The number of nitrogens with zero attached hydrogens (tertiary/aromatic N) is 2. The van der Waals surface area contributed by atoms with Crippen LogP contribution in [0.15, 0.2) is 30.3 Å². The van der Waals surface area contributed by atoms with Crippen LogP contribution in [-0.2, 0) is 5.54 Å².